The molecule has 5 heteroatoms. The van der Waals surface area contributed by atoms with E-state index in [9.17, 15) is 0 Å². The number of fused-ring (bicyclic) bond motifs is 11. The molecule has 0 spiro atoms. The molecule has 0 fully saturated rings. The van der Waals surface area contributed by atoms with Crippen LogP contribution < -0.4 is 0 Å². The van der Waals surface area contributed by atoms with E-state index >= 15 is 0 Å². The van der Waals surface area contributed by atoms with Crippen molar-refractivity contribution in [1.82, 2.24) is 14.5 Å². The number of hydrogen-bond donors (Lipinski definition) is 0. The molecule has 0 saturated heterocycles. The fraction of sp³-hybridized carbons (Fsp3) is 0. The van der Waals surface area contributed by atoms with Crippen molar-refractivity contribution in [3.8, 4) is 28.3 Å². The van der Waals surface area contributed by atoms with Crippen molar-refractivity contribution in [3.05, 3.63) is 152 Å². The van der Waals surface area contributed by atoms with Crippen molar-refractivity contribution in [2.45, 2.75) is 0 Å². The molecule has 4 heterocycles. The largest absolute Gasteiger partial charge is 0.276 e. The van der Waals surface area contributed by atoms with Gasteiger partial charge in [-0.15, -0.1) is 22.7 Å². The molecule has 11 rings (SSSR count). The summed E-state index contributed by atoms with van der Waals surface area (Å²) in [5.74, 6) is 0.685. The Morgan fingerprint density at radius 1 is 0.469 bits per heavy atom. The first-order chi connectivity index (χ1) is 24.3. The van der Waals surface area contributed by atoms with Gasteiger partial charge < -0.3 is 0 Å². The summed E-state index contributed by atoms with van der Waals surface area (Å²) in [6, 6.07) is 54.4. The lowest BCUT2D eigenvalue weighted by atomic mass is 9.98. The SMILES string of the molecule is c1ccc(-c2nc(-n3c4ccccc4c4ccc5c(sc6sc7ccccc7c65)c43)nc3ccc(-c4ccc5ccccc5c4)cc23)cc1. The van der Waals surface area contributed by atoms with Crippen LogP contribution in [0.15, 0.2) is 152 Å². The maximum atomic E-state index is 5.46. The highest BCUT2D eigenvalue weighted by Gasteiger charge is 2.22. The van der Waals surface area contributed by atoms with Crippen molar-refractivity contribution in [2.24, 2.45) is 0 Å². The molecule has 0 bridgehead atoms. The van der Waals surface area contributed by atoms with Gasteiger partial charge in [-0.3, -0.25) is 4.57 Å². The molecule has 4 aromatic heterocycles. The smallest absolute Gasteiger partial charge is 0.235 e. The van der Waals surface area contributed by atoms with Crippen LogP contribution >= 0.6 is 22.7 Å². The number of hydrogen-bond acceptors (Lipinski definition) is 4. The Morgan fingerprint density at radius 3 is 2.12 bits per heavy atom. The lowest BCUT2D eigenvalue weighted by molar-refractivity contribution is 1.02. The fourth-order valence-electron chi connectivity index (χ4n) is 7.56. The van der Waals surface area contributed by atoms with Crippen LogP contribution in [-0.4, -0.2) is 14.5 Å². The topological polar surface area (TPSA) is 30.7 Å². The van der Waals surface area contributed by atoms with Crippen molar-refractivity contribution in [3.63, 3.8) is 0 Å². The third-order valence-electron chi connectivity index (χ3n) is 9.83. The highest BCUT2D eigenvalue weighted by molar-refractivity contribution is 7.45. The predicted octanol–water partition coefficient (Wildman–Crippen LogP) is 12.8. The molecule has 0 radical (unpaired) electrons. The van der Waals surface area contributed by atoms with Crippen molar-refractivity contribution in [2.75, 3.05) is 0 Å². The molecule has 49 heavy (non-hydrogen) atoms. The average Bonchev–Trinajstić information content (AvgIpc) is 3.82. The van der Waals surface area contributed by atoms with Gasteiger partial charge in [-0.25, -0.2) is 9.97 Å². The zero-order chi connectivity index (χ0) is 32.1. The average molecular weight is 660 g/mol. The van der Waals surface area contributed by atoms with Gasteiger partial charge in [0.15, 0.2) is 0 Å². The summed E-state index contributed by atoms with van der Waals surface area (Å²) in [5, 5.41) is 9.90. The molecule has 7 aromatic carbocycles. The zero-order valence-corrected chi connectivity index (χ0v) is 27.7. The lowest BCUT2D eigenvalue weighted by Crippen LogP contribution is -2.03. The van der Waals surface area contributed by atoms with E-state index in [0.29, 0.717) is 5.95 Å². The van der Waals surface area contributed by atoms with E-state index in [1.54, 1.807) is 0 Å². The second-order valence-electron chi connectivity index (χ2n) is 12.6. The van der Waals surface area contributed by atoms with Crippen LogP contribution in [0.25, 0.3) is 101 Å². The summed E-state index contributed by atoms with van der Waals surface area (Å²) >= 11 is 3.77. The number of rotatable bonds is 3. The third-order valence-corrected chi connectivity index (χ3v) is 12.3. The molecule has 0 aliphatic heterocycles. The van der Waals surface area contributed by atoms with E-state index in [1.807, 2.05) is 22.7 Å². The Bertz CT molecular complexity index is 3110. The van der Waals surface area contributed by atoms with Gasteiger partial charge in [-0.05, 0) is 52.2 Å². The minimum atomic E-state index is 0.685. The number of aromatic nitrogens is 3. The van der Waals surface area contributed by atoms with E-state index in [2.05, 4.69) is 156 Å². The van der Waals surface area contributed by atoms with E-state index in [-0.39, 0.29) is 0 Å². The van der Waals surface area contributed by atoms with Gasteiger partial charge in [0.2, 0.25) is 5.95 Å². The van der Waals surface area contributed by atoms with E-state index in [0.717, 1.165) is 33.2 Å². The summed E-state index contributed by atoms with van der Waals surface area (Å²) in [7, 11) is 0. The molecule has 0 unspecified atom stereocenters. The van der Waals surface area contributed by atoms with Crippen LogP contribution in [0, 0.1) is 0 Å². The molecule has 228 valence electrons. The molecular formula is C44H25N3S2. The molecule has 3 nitrogen and oxygen atoms in total. The van der Waals surface area contributed by atoms with Crippen molar-refractivity contribution >= 4 is 95.7 Å². The van der Waals surface area contributed by atoms with E-state index < -0.39 is 0 Å². The van der Waals surface area contributed by atoms with Gasteiger partial charge in [-0.2, -0.15) is 0 Å². The van der Waals surface area contributed by atoms with Gasteiger partial charge in [0.1, 0.15) is 0 Å². The van der Waals surface area contributed by atoms with Gasteiger partial charge in [0, 0.05) is 42.6 Å². The molecular weight excluding hydrogens is 635 g/mol. The molecule has 0 amide bonds. The van der Waals surface area contributed by atoms with Crippen molar-refractivity contribution in [1.29, 1.82) is 0 Å². The Labute approximate surface area is 289 Å². The molecule has 0 aliphatic rings. The first-order valence-electron chi connectivity index (χ1n) is 16.4. The first kappa shape index (κ1) is 27.1. The van der Waals surface area contributed by atoms with Crippen LogP contribution in [0.5, 0.6) is 0 Å². The standard InChI is InChI=1S/C44H25N3S2/c1-2-11-27(12-3-1)40-35-25-30(29-19-18-26-10-4-5-13-28(26)24-29)20-23-36(35)45-44(46-40)47-37-16-8-6-14-31(37)32-21-22-34-39-33-15-7-9-17-38(33)48-43(39)49-42(34)41(32)47/h1-25H. The summed E-state index contributed by atoms with van der Waals surface area (Å²) < 4.78 is 6.27. The zero-order valence-electron chi connectivity index (χ0n) is 26.1. The molecule has 0 saturated carbocycles. The number of benzene rings is 7. The second kappa shape index (κ2) is 10.3. The van der Waals surface area contributed by atoms with Crippen molar-refractivity contribution < 1.29 is 0 Å². The molecule has 0 aliphatic carbocycles. The van der Waals surface area contributed by atoms with Crippen LogP contribution in [0.3, 0.4) is 0 Å². The summed E-state index contributed by atoms with van der Waals surface area (Å²) in [6.07, 6.45) is 0. The maximum Gasteiger partial charge on any atom is 0.235 e. The third kappa shape index (κ3) is 4.00. The first-order valence-corrected chi connectivity index (χ1v) is 18.0. The fourth-order valence-corrected chi connectivity index (χ4v) is 10.3. The second-order valence-corrected chi connectivity index (χ2v) is 14.9. The predicted molar refractivity (Wildman–Crippen MR) is 211 cm³/mol. The van der Waals surface area contributed by atoms with Gasteiger partial charge in [0.25, 0.3) is 0 Å². The Morgan fingerprint density at radius 2 is 1.20 bits per heavy atom. The Balaban J connectivity index is 1.21. The summed E-state index contributed by atoms with van der Waals surface area (Å²) in [6.45, 7) is 0. The van der Waals surface area contributed by atoms with Gasteiger partial charge in [-0.1, -0.05) is 121 Å². The van der Waals surface area contributed by atoms with Crippen LogP contribution in [0.4, 0.5) is 0 Å². The number of thiophene rings is 2. The lowest BCUT2D eigenvalue weighted by Gasteiger charge is -2.13. The normalized spacial score (nSPS) is 12.1. The molecule has 0 atom stereocenters. The Kier molecular flexibility index (Phi) is 5.70. The minimum absolute atomic E-state index is 0.685. The van der Waals surface area contributed by atoms with Crippen LogP contribution in [-0.2, 0) is 0 Å². The summed E-state index contributed by atoms with van der Waals surface area (Å²) in [4.78, 5) is 10.8. The highest BCUT2D eigenvalue weighted by Crippen LogP contribution is 2.48. The Hall–Kier alpha value is -5.88. The van der Waals surface area contributed by atoms with E-state index in [4.69, 9.17) is 9.97 Å². The monoisotopic (exact) mass is 659 g/mol. The summed E-state index contributed by atoms with van der Waals surface area (Å²) in [5.41, 5.74) is 7.53. The molecule has 0 N–H and O–H groups in total. The minimum Gasteiger partial charge on any atom is -0.276 e. The quantitative estimate of drug-likeness (QED) is 0.189. The van der Waals surface area contributed by atoms with Gasteiger partial charge >= 0.3 is 0 Å². The van der Waals surface area contributed by atoms with Crippen LogP contribution in [0.2, 0.25) is 0 Å². The number of nitrogens with zero attached hydrogens (tertiary/aromatic N) is 3. The maximum absolute atomic E-state index is 5.46. The van der Waals surface area contributed by atoms with Crippen LogP contribution in [0.1, 0.15) is 0 Å². The van der Waals surface area contributed by atoms with E-state index in [1.165, 1.54) is 62.2 Å². The number of para-hydroxylation sites is 1. The molecule has 11 aromatic rings. The highest BCUT2D eigenvalue weighted by atomic mass is 32.2. The van der Waals surface area contributed by atoms with Gasteiger partial charge in [0.05, 0.1) is 31.0 Å².